The monoisotopic (exact) mass is 210 g/mol. The Bertz CT molecular complexity index is 323. The SMILES string of the molecule is O=C(O)CC1CCNC(c2ccno2)C1. The Balaban J connectivity index is 1.95. The lowest BCUT2D eigenvalue weighted by molar-refractivity contribution is -0.138. The lowest BCUT2D eigenvalue weighted by Crippen LogP contribution is -2.32. The number of rotatable bonds is 3. The topological polar surface area (TPSA) is 75.4 Å². The Kier molecular flexibility index (Phi) is 3.01. The van der Waals surface area contributed by atoms with Gasteiger partial charge in [0.15, 0.2) is 5.76 Å². The van der Waals surface area contributed by atoms with Crippen LogP contribution in [-0.4, -0.2) is 22.8 Å². The fraction of sp³-hybridized carbons (Fsp3) is 0.600. The van der Waals surface area contributed by atoms with E-state index in [2.05, 4.69) is 10.5 Å². The van der Waals surface area contributed by atoms with Crippen LogP contribution in [-0.2, 0) is 4.79 Å². The molecule has 1 fully saturated rings. The molecule has 5 heteroatoms. The van der Waals surface area contributed by atoms with Crippen molar-refractivity contribution in [3.63, 3.8) is 0 Å². The summed E-state index contributed by atoms with van der Waals surface area (Å²) < 4.78 is 5.07. The molecule has 15 heavy (non-hydrogen) atoms. The minimum Gasteiger partial charge on any atom is -0.481 e. The standard InChI is InChI=1S/C10H14N2O3/c13-10(14)6-7-1-3-11-8(5-7)9-2-4-12-15-9/h2,4,7-8,11H,1,3,5-6H2,(H,13,14). The summed E-state index contributed by atoms with van der Waals surface area (Å²) in [6, 6.07) is 1.94. The van der Waals surface area contributed by atoms with Crippen molar-refractivity contribution in [1.29, 1.82) is 0 Å². The first kappa shape index (κ1) is 10.2. The molecule has 0 spiro atoms. The van der Waals surface area contributed by atoms with Crippen LogP contribution in [0.2, 0.25) is 0 Å². The van der Waals surface area contributed by atoms with Crippen molar-refractivity contribution in [2.24, 2.45) is 5.92 Å². The molecule has 2 atom stereocenters. The van der Waals surface area contributed by atoms with Gasteiger partial charge in [-0.05, 0) is 25.3 Å². The van der Waals surface area contributed by atoms with E-state index < -0.39 is 5.97 Å². The van der Waals surface area contributed by atoms with Gasteiger partial charge < -0.3 is 14.9 Å². The van der Waals surface area contributed by atoms with Gasteiger partial charge in [-0.1, -0.05) is 5.16 Å². The smallest absolute Gasteiger partial charge is 0.303 e. The average Bonchev–Trinajstić information content (AvgIpc) is 2.69. The molecule has 0 saturated carbocycles. The summed E-state index contributed by atoms with van der Waals surface area (Å²) in [7, 11) is 0. The molecule has 0 aliphatic carbocycles. The minimum atomic E-state index is -0.724. The van der Waals surface area contributed by atoms with E-state index in [9.17, 15) is 4.79 Å². The molecule has 2 N–H and O–H groups in total. The summed E-state index contributed by atoms with van der Waals surface area (Å²) in [4.78, 5) is 10.6. The lowest BCUT2D eigenvalue weighted by Gasteiger charge is -2.27. The van der Waals surface area contributed by atoms with E-state index >= 15 is 0 Å². The highest BCUT2D eigenvalue weighted by Crippen LogP contribution is 2.28. The molecule has 0 aromatic carbocycles. The highest BCUT2D eigenvalue weighted by molar-refractivity contribution is 5.67. The Morgan fingerprint density at radius 3 is 3.27 bits per heavy atom. The van der Waals surface area contributed by atoms with Crippen molar-refractivity contribution in [3.05, 3.63) is 18.0 Å². The summed E-state index contributed by atoms with van der Waals surface area (Å²) in [6.45, 7) is 0.837. The maximum atomic E-state index is 10.6. The van der Waals surface area contributed by atoms with Gasteiger partial charge in [-0.25, -0.2) is 0 Å². The maximum absolute atomic E-state index is 10.6. The molecule has 2 rings (SSSR count). The van der Waals surface area contributed by atoms with Crippen molar-refractivity contribution in [2.75, 3.05) is 6.54 Å². The number of carboxylic acid groups (broad SMARTS) is 1. The maximum Gasteiger partial charge on any atom is 0.303 e. The number of piperidine rings is 1. The second-order valence-electron chi connectivity index (χ2n) is 3.91. The molecule has 2 heterocycles. The summed E-state index contributed by atoms with van der Waals surface area (Å²) in [5.74, 6) is 0.308. The van der Waals surface area contributed by atoms with Gasteiger partial charge in [0.05, 0.1) is 12.2 Å². The van der Waals surface area contributed by atoms with Crippen LogP contribution >= 0.6 is 0 Å². The van der Waals surface area contributed by atoms with E-state index in [0.717, 1.165) is 25.1 Å². The van der Waals surface area contributed by atoms with Crippen LogP contribution in [0.5, 0.6) is 0 Å². The van der Waals surface area contributed by atoms with E-state index in [4.69, 9.17) is 9.63 Å². The van der Waals surface area contributed by atoms with Crippen LogP contribution in [0.15, 0.2) is 16.8 Å². The number of nitrogens with one attached hydrogen (secondary N) is 1. The van der Waals surface area contributed by atoms with Gasteiger partial charge in [0.2, 0.25) is 0 Å². The molecule has 1 aromatic rings. The van der Waals surface area contributed by atoms with E-state index in [1.165, 1.54) is 0 Å². The molecule has 82 valence electrons. The zero-order chi connectivity index (χ0) is 10.7. The summed E-state index contributed by atoms with van der Waals surface area (Å²) in [5, 5.41) is 15.7. The van der Waals surface area contributed by atoms with Crippen molar-refractivity contribution >= 4 is 5.97 Å². The van der Waals surface area contributed by atoms with Crippen molar-refractivity contribution in [1.82, 2.24) is 10.5 Å². The number of hydrogen-bond acceptors (Lipinski definition) is 4. The average molecular weight is 210 g/mol. The fourth-order valence-corrected chi connectivity index (χ4v) is 2.05. The zero-order valence-corrected chi connectivity index (χ0v) is 8.35. The lowest BCUT2D eigenvalue weighted by atomic mass is 9.89. The summed E-state index contributed by atoms with van der Waals surface area (Å²) in [6.07, 6.45) is 3.57. The zero-order valence-electron chi connectivity index (χ0n) is 8.35. The molecular weight excluding hydrogens is 196 g/mol. The Labute approximate surface area is 87.5 Å². The van der Waals surface area contributed by atoms with Gasteiger partial charge in [-0.2, -0.15) is 0 Å². The predicted octanol–water partition coefficient (Wildman–Crippen LogP) is 1.19. The third-order valence-electron chi connectivity index (χ3n) is 2.78. The first-order valence-electron chi connectivity index (χ1n) is 5.11. The second kappa shape index (κ2) is 4.44. The molecule has 1 saturated heterocycles. The number of aromatic nitrogens is 1. The van der Waals surface area contributed by atoms with Gasteiger partial charge in [0.1, 0.15) is 0 Å². The summed E-state index contributed by atoms with van der Waals surface area (Å²) >= 11 is 0. The van der Waals surface area contributed by atoms with E-state index in [1.54, 1.807) is 6.20 Å². The van der Waals surface area contributed by atoms with Gasteiger partial charge >= 0.3 is 5.97 Å². The number of nitrogens with zero attached hydrogens (tertiary/aromatic N) is 1. The van der Waals surface area contributed by atoms with Gasteiger partial charge in [-0.15, -0.1) is 0 Å². The van der Waals surface area contributed by atoms with Gasteiger partial charge in [0, 0.05) is 12.5 Å². The predicted molar refractivity (Wildman–Crippen MR) is 52.2 cm³/mol. The molecule has 2 unspecified atom stereocenters. The number of carbonyl (C=O) groups is 1. The largest absolute Gasteiger partial charge is 0.481 e. The molecule has 0 bridgehead atoms. The normalized spacial score (nSPS) is 26.4. The third-order valence-corrected chi connectivity index (χ3v) is 2.78. The Hall–Kier alpha value is -1.36. The molecule has 0 amide bonds. The first-order valence-corrected chi connectivity index (χ1v) is 5.11. The van der Waals surface area contributed by atoms with Crippen molar-refractivity contribution in [2.45, 2.75) is 25.3 Å². The number of hydrogen-bond donors (Lipinski definition) is 2. The van der Waals surface area contributed by atoms with Crippen LogP contribution < -0.4 is 5.32 Å². The van der Waals surface area contributed by atoms with Crippen molar-refractivity contribution in [3.8, 4) is 0 Å². The van der Waals surface area contributed by atoms with E-state index in [0.29, 0.717) is 0 Å². The molecule has 1 aliphatic rings. The highest BCUT2D eigenvalue weighted by atomic mass is 16.5. The van der Waals surface area contributed by atoms with Crippen LogP contribution in [0.3, 0.4) is 0 Å². The Morgan fingerprint density at radius 2 is 2.60 bits per heavy atom. The molecule has 5 nitrogen and oxygen atoms in total. The van der Waals surface area contributed by atoms with Gasteiger partial charge in [0.25, 0.3) is 0 Å². The van der Waals surface area contributed by atoms with Crippen LogP contribution in [0.1, 0.15) is 31.1 Å². The van der Waals surface area contributed by atoms with E-state index in [-0.39, 0.29) is 18.4 Å². The summed E-state index contributed by atoms with van der Waals surface area (Å²) in [5.41, 5.74) is 0. The molecule has 1 aliphatic heterocycles. The quantitative estimate of drug-likeness (QED) is 0.783. The van der Waals surface area contributed by atoms with E-state index in [1.807, 2.05) is 6.07 Å². The fourth-order valence-electron chi connectivity index (χ4n) is 2.05. The Morgan fingerprint density at radius 1 is 1.73 bits per heavy atom. The van der Waals surface area contributed by atoms with Gasteiger partial charge in [-0.3, -0.25) is 4.79 Å². The molecular formula is C10H14N2O3. The first-order chi connectivity index (χ1) is 7.25. The third kappa shape index (κ3) is 2.56. The van der Waals surface area contributed by atoms with Crippen LogP contribution in [0.4, 0.5) is 0 Å². The molecule has 0 radical (unpaired) electrons. The number of aliphatic carboxylic acids is 1. The van der Waals surface area contributed by atoms with Crippen LogP contribution in [0, 0.1) is 5.92 Å². The molecule has 1 aromatic heterocycles. The van der Waals surface area contributed by atoms with Crippen LogP contribution in [0.25, 0.3) is 0 Å². The number of carboxylic acids is 1. The van der Waals surface area contributed by atoms with Crippen molar-refractivity contribution < 1.29 is 14.4 Å². The second-order valence-corrected chi connectivity index (χ2v) is 3.91. The highest BCUT2D eigenvalue weighted by Gasteiger charge is 2.26. The minimum absolute atomic E-state index is 0.116.